The lowest BCUT2D eigenvalue weighted by molar-refractivity contribution is -0.138. The second kappa shape index (κ2) is 9.45. The van der Waals surface area contributed by atoms with Crippen LogP contribution in [0.3, 0.4) is 0 Å². The Morgan fingerprint density at radius 3 is 2.44 bits per heavy atom. The van der Waals surface area contributed by atoms with Crippen LogP contribution in [0.1, 0.15) is 13.3 Å². The van der Waals surface area contributed by atoms with Crippen molar-refractivity contribution in [3.8, 4) is 16.9 Å². The van der Waals surface area contributed by atoms with E-state index in [1.54, 1.807) is 0 Å². The third-order valence-corrected chi connectivity index (χ3v) is 4.91. The SMILES string of the molecule is C[C@H](Nc1c(-c2c(F)cc(OCCCN(C)C)cc2F)c(Cl)nc2nccn12)C(F)(F)F. The van der Waals surface area contributed by atoms with Gasteiger partial charge in [0.2, 0.25) is 5.78 Å². The van der Waals surface area contributed by atoms with E-state index in [0.717, 1.165) is 30.0 Å². The molecule has 0 aliphatic carbocycles. The van der Waals surface area contributed by atoms with E-state index in [2.05, 4.69) is 15.3 Å². The van der Waals surface area contributed by atoms with Crippen molar-refractivity contribution in [2.24, 2.45) is 0 Å². The van der Waals surface area contributed by atoms with E-state index in [1.165, 1.54) is 12.4 Å². The van der Waals surface area contributed by atoms with Crippen LogP contribution < -0.4 is 10.1 Å². The Kier molecular flexibility index (Phi) is 7.09. The number of alkyl halides is 3. The molecule has 2 aromatic heterocycles. The van der Waals surface area contributed by atoms with Gasteiger partial charge in [-0.05, 0) is 27.4 Å². The Bertz CT molecular complexity index is 1080. The van der Waals surface area contributed by atoms with Gasteiger partial charge >= 0.3 is 6.18 Å². The zero-order valence-electron chi connectivity index (χ0n) is 17.5. The zero-order valence-corrected chi connectivity index (χ0v) is 18.2. The van der Waals surface area contributed by atoms with Crippen molar-refractivity contribution in [2.45, 2.75) is 25.6 Å². The van der Waals surface area contributed by atoms with E-state index in [1.807, 2.05) is 19.0 Å². The molecular formula is C20H21ClF5N5O. The van der Waals surface area contributed by atoms with E-state index in [0.29, 0.717) is 6.42 Å². The summed E-state index contributed by atoms with van der Waals surface area (Å²) in [6.07, 6.45) is -1.40. The molecule has 1 atom stereocenters. The van der Waals surface area contributed by atoms with Crippen LogP contribution in [-0.2, 0) is 0 Å². The largest absolute Gasteiger partial charge is 0.493 e. The second-order valence-electron chi connectivity index (χ2n) is 7.40. The maximum absolute atomic E-state index is 15.0. The average molecular weight is 478 g/mol. The summed E-state index contributed by atoms with van der Waals surface area (Å²) in [5.74, 6) is -2.48. The third kappa shape index (κ3) is 5.21. The number of halogens is 6. The number of hydrogen-bond acceptors (Lipinski definition) is 5. The number of hydrogen-bond donors (Lipinski definition) is 1. The van der Waals surface area contributed by atoms with Gasteiger partial charge in [0.1, 0.15) is 34.4 Å². The molecule has 174 valence electrons. The molecule has 0 bridgehead atoms. The molecule has 0 radical (unpaired) electrons. The lowest BCUT2D eigenvalue weighted by Gasteiger charge is -2.22. The molecule has 0 saturated heterocycles. The number of fused-ring (bicyclic) bond motifs is 1. The Balaban J connectivity index is 2.05. The van der Waals surface area contributed by atoms with Gasteiger partial charge in [0.15, 0.2) is 0 Å². The molecule has 1 aromatic carbocycles. The van der Waals surface area contributed by atoms with Crippen molar-refractivity contribution < 1.29 is 26.7 Å². The van der Waals surface area contributed by atoms with Gasteiger partial charge in [-0.3, -0.25) is 4.40 Å². The lowest BCUT2D eigenvalue weighted by atomic mass is 10.1. The minimum atomic E-state index is -4.62. The van der Waals surface area contributed by atoms with Crippen molar-refractivity contribution in [3.05, 3.63) is 41.3 Å². The number of nitrogens with zero attached hydrogens (tertiary/aromatic N) is 4. The highest BCUT2D eigenvalue weighted by molar-refractivity contribution is 6.33. The molecule has 6 nitrogen and oxygen atoms in total. The molecule has 0 spiro atoms. The first kappa shape index (κ1) is 24.0. The molecule has 1 N–H and O–H groups in total. The number of imidazole rings is 1. The minimum absolute atomic E-state index is 0.0303. The highest BCUT2D eigenvalue weighted by atomic mass is 35.5. The van der Waals surface area contributed by atoms with E-state index in [9.17, 15) is 13.2 Å². The molecule has 0 aliphatic heterocycles. The first-order valence-corrected chi connectivity index (χ1v) is 9.99. The summed E-state index contributed by atoms with van der Waals surface area (Å²) in [6, 6.07) is -0.130. The topological polar surface area (TPSA) is 54.7 Å². The molecule has 0 aliphatic rings. The number of benzene rings is 1. The van der Waals surface area contributed by atoms with Crippen molar-refractivity contribution >= 4 is 23.2 Å². The summed E-state index contributed by atoms with van der Waals surface area (Å²) in [7, 11) is 3.77. The first-order chi connectivity index (χ1) is 15.0. The number of nitrogens with one attached hydrogen (secondary N) is 1. The normalized spacial score (nSPS) is 13.1. The number of ether oxygens (including phenoxy) is 1. The van der Waals surface area contributed by atoms with Crippen molar-refractivity contribution in [2.75, 3.05) is 32.6 Å². The van der Waals surface area contributed by atoms with Crippen LogP contribution >= 0.6 is 11.6 Å². The van der Waals surface area contributed by atoms with Crippen molar-refractivity contribution in [1.29, 1.82) is 0 Å². The highest BCUT2D eigenvalue weighted by Gasteiger charge is 2.37. The van der Waals surface area contributed by atoms with Crippen LogP contribution in [0.25, 0.3) is 16.9 Å². The monoisotopic (exact) mass is 477 g/mol. The van der Waals surface area contributed by atoms with Crippen molar-refractivity contribution in [1.82, 2.24) is 19.3 Å². The standard InChI is InChI=1S/C20H21ClF5N5O/c1-11(20(24,25)26)28-18-16(17(21)29-19-27-5-7-31(18)19)15-13(22)9-12(10-14(15)23)32-8-4-6-30(2)3/h5,7,9-11,28H,4,6,8H2,1-3H3/t11-/m0/s1. The smallest absolute Gasteiger partial charge is 0.408 e. The molecule has 2 heterocycles. The van der Waals surface area contributed by atoms with Gasteiger partial charge in [-0.1, -0.05) is 11.6 Å². The van der Waals surface area contributed by atoms with Gasteiger partial charge in [-0.15, -0.1) is 0 Å². The van der Waals surface area contributed by atoms with Gasteiger partial charge < -0.3 is 15.0 Å². The minimum Gasteiger partial charge on any atom is -0.493 e. The Morgan fingerprint density at radius 1 is 1.19 bits per heavy atom. The fraction of sp³-hybridized carbons (Fsp3) is 0.400. The van der Waals surface area contributed by atoms with Gasteiger partial charge in [0.05, 0.1) is 17.7 Å². The maximum Gasteiger partial charge on any atom is 0.408 e. The Hall–Kier alpha value is -2.66. The summed E-state index contributed by atoms with van der Waals surface area (Å²) in [5, 5.41) is 1.84. The van der Waals surface area contributed by atoms with Crippen LogP contribution in [0, 0.1) is 11.6 Å². The molecule has 3 aromatic rings. The highest BCUT2D eigenvalue weighted by Crippen LogP contribution is 2.40. The molecule has 0 unspecified atom stereocenters. The molecule has 0 amide bonds. The molecule has 3 rings (SSSR count). The third-order valence-electron chi connectivity index (χ3n) is 4.63. The quantitative estimate of drug-likeness (QED) is 0.280. The number of rotatable bonds is 8. The fourth-order valence-corrected chi connectivity index (χ4v) is 3.27. The fourth-order valence-electron chi connectivity index (χ4n) is 3.01. The van der Waals surface area contributed by atoms with Crippen molar-refractivity contribution in [3.63, 3.8) is 0 Å². The first-order valence-electron chi connectivity index (χ1n) is 9.61. The van der Waals surface area contributed by atoms with E-state index >= 15 is 8.78 Å². The summed E-state index contributed by atoms with van der Waals surface area (Å²) in [6.45, 7) is 1.83. The van der Waals surface area contributed by atoms with Gasteiger partial charge in [-0.2, -0.15) is 18.2 Å². The Morgan fingerprint density at radius 2 is 1.84 bits per heavy atom. The van der Waals surface area contributed by atoms with E-state index < -0.39 is 34.6 Å². The Labute approximate surface area is 186 Å². The van der Waals surface area contributed by atoms with E-state index in [4.69, 9.17) is 16.3 Å². The van der Waals surface area contributed by atoms with Crippen LogP contribution in [0.5, 0.6) is 5.75 Å². The summed E-state index contributed by atoms with van der Waals surface area (Å²) >= 11 is 6.16. The van der Waals surface area contributed by atoms with Gasteiger partial charge in [0.25, 0.3) is 0 Å². The van der Waals surface area contributed by atoms with Crippen LogP contribution in [0.4, 0.5) is 27.8 Å². The average Bonchev–Trinajstić information content (AvgIpc) is 3.13. The number of aromatic nitrogens is 3. The number of anilines is 1. The molecule has 12 heteroatoms. The van der Waals surface area contributed by atoms with Gasteiger partial charge in [0, 0.05) is 31.1 Å². The summed E-state index contributed by atoms with van der Waals surface area (Å²) in [4.78, 5) is 9.78. The maximum atomic E-state index is 15.0. The second-order valence-corrected chi connectivity index (χ2v) is 7.76. The zero-order chi connectivity index (χ0) is 23.6. The molecule has 0 fully saturated rings. The predicted octanol–water partition coefficient (Wildman–Crippen LogP) is 5.02. The van der Waals surface area contributed by atoms with Crippen LogP contribution in [0.2, 0.25) is 5.15 Å². The lowest BCUT2D eigenvalue weighted by Crippen LogP contribution is -2.34. The summed E-state index contributed by atoms with van der Waals surface area (Å²) in [5.41, 5.74) is -0.988. The molecular weight excluding hydrogens is 457 g/mol. The van der Waals surface area contributed by atoms with Crippen LogP contribution in [0.15, 0.2) is 24.5 Å². The summed E-state index contributed by atoms with van der Waals surface area (Å²) < 4.78 is 76.2. The van der Waals surface area contributed by atoms with Crippen LogP contribution in [-0.4, -0.2) is 58.7 Å². The van der Waals surface area contributed by atoms with E-state index in [-0.39, 0.29) is 29.5 Å². The van der Waals surface area contributed by atoms with Gasteiger partial charge in [-0.25, -0.2) is 13.8 Å². The predicted molar refractivity (Wildman–Crippen MR) is 111 cm³/mol. The molecule has 32 heavy (non-hydrogen) atoms. The molecule has 0 saturated carbocycles.